The third-order valence-electron chi connectivity index (χ3n) is 6.36. The second-order valence-corrected chi connectivity index (χ2v) is 8.77. The zero-order valence-electron chi connectivity index (χ0n) is 20.0. The van der Waals surface area contributed by atoms with Crippen molar-refractivity contribution in [1.29, 1.82) is 0 Å². The van der Waals surface area contributed by atoms with Crippen LogP contribution >= 0.6 is 0 Å². The molecular weight excluding hydrogens is 471 g/mol. The van der Waals surface area contributed by atoms with Crippen LogP contribution in [0.5, 0.6) is 0 Å². The second kappa shape index (κ2) is 10.9. The minimum atomic E-state index is -4.40. The average molecular weight is 500 g/mol. The maximum Gasteiger partial charge on any atom is 0.416 e. The fourth-order valence-electron chi connectivity index (χ4n) is 4.32. The van der Waals surface area contributed by atoms with Crippen LogP contribution in [0.3, 0.4) is 0 Å². The van der Waals surface area contributed by atoms with E-state index >= 15 is 0 Å². The fourth-order valence-corrected chi connectivity index (χ4v) is 4.32. The molecule has 0 unspecified atom stereocenters. The van der Waals surface area contributed by atoms with Crippen molar-refractivity contribution < 1.29 is 27.2 Å². The van der Waals surface area contributed by atoms with E-state index in [0.29, 0.717) is 49.7 Å². The summed E-state index contributed by atoms with van der Waals surface area (Å²) in [6.07, 6.45) is -2.77. The molecule has 2 amide bonds. The minimum absolute atomic E-state index is 0.0894. The summed E-state index contributed by atoms with van der Waals surface area (Å²) >= 11 is 0. The van der Waals surface area contributed by atoms with Crippen molar-refractivity contribution in [3.8, 4) is 0 Å². The van der Waals surface area contributed by atoms with Gasteiger partial charge in [0.15, 0.2) is 0 Å². The molecule has 36 heavy (non-hydrogen) atoms. The molecule has 1 aliphatic rings. The number of alkyl halides is 3. The quantitative estimate of drug-likeness (QED) is 0.460. The molecule has 0 bridgehead atoms. The van der Waals surface area contributed by atoms with Crippen LogP contribution < -0.4 is 4.90 Å². The standard InChI is InChI=1S/C27H28F3N3O3/c1-20-24(11-17-36-20)26(35)33(19-21-6-3-2-4-7-21)12-10-25(34)32-15-13-31(14-16-32)23-9-5-8-22(18-23)27(28,29)30/h2-9,11,17-18H,10,12-16,19H2,1H3. The lowest BCUT2D eigenvalue weighted by molar-refractivity contribution is -0.137. The molecule has 4 rings (SSSR count). The van der Waals surface area contributed by atoms with Crippen molar-refractivity contribution in [2.75, 3.05) is 37.6 Å². The summed E-state index contributed by atoms with van der Waals surface area (Å²) in [5, 5.41) is 0. The Morgan fingerprint density at radius 1 is 0.972 bits per heavy atom. The highest BCUT2D eigenvalue weighted by molar-refractivity contribution is 5.95. The van der Waals surface area contributed by atoms with Crippen molar-refractivity contribution >= 4 is 17.5 Å². The number of aryl methyl sites for hydroxylation is 1. The molecule has 2 aromatic carbocycles. The molecule has 0 N–H and O–H groups in total. The smallest absolute Gasteiger partial charge is 0.416 e. The predicted octanol–water partition coefficient (Wildman–Crippen LogP) is 4.99. The van der Waals surface area contributed by atoms with Gasteiger partial charge in [0.25, 0.3) is 5.91 Å². The summed E-state index contributed by atoms with van der Waals surface area (Å²) < 4.78 is 44.5. The van der Waals surface area contributed by atoms with E-state index in [2.05, 4.69) is 0 Å². The fraction of sp³-hybridized carbons (Fsp3) is 0.333. The van der Waals surface area contributed by atoms with E-state index in [1.165, 1.54) is 12.3 Å². The average Bonchev–Trinajstić information content (AvgIpc) is 3.32. The van der Waals surface area contributed by atoms with E-state index in [1.807, 2.05) is 35.2 Å². The van der Waals surface area contributed by atoms with Crippen LogP contribution in [0.1, 0.15) is 33.7 Å². The second-order valence-electron chi connectivity index (χ2n) is 8.77. The van der Waals surface area contributed by atoms with Crippen LogP contribution in [0, 0.1) is 6.92 Å². The van der Waals surface area contributed by atoms with Gasteiger partial charge in [0, 0.05) is 51.4 Å². The summed E-state index contributed by atoms with van der Waals surface area (Å²) in [4.78, 5) is 31.3. The van der Waals surface area contributed by atoms with Crippen molar-refractivity contribution in [3.63, 3.8) is 0 Å². The Labute approximate surface area is 207 Å². The first-order chi connectivity index (χ1) is 17.2. The van der Waals surface area contributed by atoms with Gasteiger partial charge in [-0.2, -0.15) is 13.2 Å². The highest BCUT2D eigenvalue weighted by Crippen LogP contribution is 2.32. The van der Waals surface area contributed by atoms with E-state index in [0.717, 1.165) is 17.7 Å². The van der Waals surface area contributed by atoms with Crippen molar-refractivity contribution in [2.24, 2.45) is 0 Å². The van der Waals surface area contributed by atoms with Crippen molar-refractivity contribution in [3.05, 3.63) is 89.4 Å². The zero-order chi connectivity index (χ0) is 25.7. The van der Waals surface area contributed by atoms with Gasteiger partial charge in [-0.15, -0.1) is 0 Å². The first-order valence-electron chi connectivity index (χ1n) is 11.8. The van der Waals surface area contributed by atoms with Crippen molar-refractivity contribution in [2.45, 2.75) is 26.1 Å². The Morgan fingerprint density at radius 3 is 2.33 bits per heavy atom. The Morgan fingerprint density at radius 2 is 1.69 bits per heavy atom. The number of furan rings is 1. The Bertz CT molecular complexity index is 1190. The third kappa shape index (κ3) is 6.08. The summed E-state index contributed by atoms with van der Waals surface area (Å²) in [6, 6.07) is 16.4. The SMILES string of the molecule is Cc1occc1C(=O)N(CCC(=O)N1CCN(c2cccc(C(F)(F)F)c2)CC1)Cc1ccccc1. The zero-order valence-corrected chi connectivity index (χ0v) is 20.0. The molecule has 1 aliphatic heterocycles. The number of anilines is 1. The first-order valence-corrected chi connectivity index (χ1v) is 11.8. The summed E-state index contributed by atoms with van der Waals surface area (Å²) in [5.41, 5.74) is 1.23. The van der Waals surface area contributed by atoms with Crippen LogP contribution in [0.15, 0.2) is 71.3 Å². The molecule has 0 radical (unpaired) electrons. The number of piperazine rings is 1. The molecule has 0 aliphatic carbocycles. The number of halogens is 3. The predicted molar refractivity (Wildman–Crippen MR) is 129 cm³/mol. The molecule has 190 valence electrons. The Balaban J connectivity index is 1.36. The molecule has 3 aromatic rings. The van der Waals surface area contributed by atoms with Gasteiger partial charge < -0.3 is 19.1 Å². The lowest BCUT2D eigenvalue weighted by atomic mass is 10.1. The molecule has 2 heterocycles. The first kappa shape index (κ1) is 25.3. The topological polar surface area (TPSA) is 57.0 Å². The van der Waals surface area contributed by atoms with Gasteiger partial charge in [0.2, 0.25) is 5.91 Å². The van der Waals surface area contributed by atoms with Gasteiger partial charge >= 0.3 is 6.18 Å². The van der Waals surface area contributed by atoms with E-state index in [4.69, 9.17) is 4.42 Å². The van der Waals surface area contributed by atoms with Gasteiger partial charge in [0.1, 0.15) is 5.76 Å². The van der Waals surface area contributed by atoms with Crippen LogP contribution in [0.25, 0.3) is 0 Å². The van der Waals surface area contributed by atoms with Gasteiger partial charge in [-0.1, -0.05) is 36.4 Å². The molecule has 1 aromatic heterocycles. The number of carbonyl (C=O) groups excluding carboxylic acids is 2. The number of hydrogen-bond acceptors (Lipinski definition) is 4. The van der Waals surface area contributed by atoms with E-state index in [9.17, 15) is 22.8 Å². The van der Waals surface area contributed by atoms with Crippen LogP contribution in [-0.4, -0.2) is 54.3 Å². The number of rotatable bonds is 7. The molecule has 0 spiro atoms. The third-order valence-corrected chi connectivity index (χ3v) is 6.36. The molecular formula is C27H28F3N3O3. The molecule has 1 saturated heterocycles. The number of hydrogen-bond donors (Lipinski definition) is 0. The Kier molecular flexibility index (Phi) is 7.67. The molecule has 1 fully saturated rings. The largest absolute Gasteiger partial charge is 0.469 e. The normalized spacial score (nSPS) is 14.1. The van der Waals surface area contributed by atoms with Gasteiger partial charge in [0.05, 0.1) is 17.4 Å². The van der Waals surface area contributed by atoms with Gasteiger partial charge in [-0.25, -0.2) is 0 Å². The maximum absolute atomic E-state index is 13.2. The van der Waals surface area contributed by atoms with Crippen LogP contribution in [0.2, 0.25) is 0 Å². The highest BCUT2D eigenvalue weighted by atomic mass is 19.4. The summed E-state index contributed by atoms with van der Waals surface area (Å²) in [5.74, 6) is 0.232. The lowest BCUT2D eigenvalue weighted by Gasteiger charge is -2.36. The van der Waals surface area contributed by atoms with Gasteiger partial charge in [-0.3, -0.25) is 9.59 Å². The van der Waals surface area contributed by atoms with E-state index in [-0.39, 0.29) is 24.8 Å². The van der Waals surface area contributed by atoms with Crippen molar-refractivity contribution in [1.82, 2.24) is 9.80 Å². The number of carbonyl (C=O) groups is 2. The number of benzene rings is 2. The Hall–Kier alpha value is -3.75. The van der Waals surface area contributed by atoms with Gasteiger partial charge in [-0.05, 0) is 36.8 Å². The molecule has 0 saturated carbocycles. The van der Waals surface area contributed by atoms with E-state index < -0.39 is 11.7 Å². The monoisotopic (exact) mass is 499 g/mol. The summed E-state index contributed by atoms with van der Waals surface area (Å²) in [6.45, 7) is 4.02. The van der Waals surface area contributed by atoms with Crippen LogP contribution in [0.4, 0.5) is 18.9 Å². The molecule has 6 nitrogen and oxygen atoms in total. The summed E-state index contributed by atoms with van der Waals surface area (Å²) in [7, 11) is 0. The molecule has 0 atom stereocenters. The number of amides is 2. The lowest BCUT2D eigenvalue weighted by Crippen LogP contribution is -2.49. The maximum atomic E-state index is 13.2. The number of nitrogens with zero attached hydrogens (tertiary/aromatic N) is 3. The highest BCUT2D eigenvalue weighted by Gasteiger charge is 2.31. The van der Waals surface area contributed by atoms with E-state index in [1.54, 1.807) is 28.9 Å². The van der Waals surface area contributed by atoms with Crippen LogP contribution in [-0.2, 0) is 17.5 Å². The molecule has 9 heteroatoms. The minimum Gasteiger partial charge on any atom is -0.469 e.